The van der Waals surface area contributed by atoms with Crippen LogP contribution in [0.5, 0.6) is 0 Å². The summed E-state index contributed by atoms with van der Waals surface area (Å²) in [7, 11) is 0. The molecule has 26 heavy (non-hydrogen) atoms. The molecule has 1 saturated heterocycles. The Bertz CT molecular complexity index is 723. The Kier molecular flexibility index (Phi) is 4.97. The minimum Gasteiger partial charge on any atom is -0.353 e. The Labute approximate surface area is 153 Å². The van der Waals surface area contributed by atoms with Gasteiger partial charge in [-0.05, 0) is 30.5 Å². The van der Waals surface area contributed by atoms with Gasteiger partial charge in [-0.2, -0.15) is 0 Å². The first kappa shape index (κ1) is 16.8. The fourth-order valence-electron chi connectivity index (χ4n) is 3.10. The molecule has 7 nitrogen and oxygen atoms in total. The largest absolute Gasteiger partial charge is 0.353 e. The predicted octanol–water partition coefficient (Wildman–Crippen LogP) is 2.08. The number of hydrogen-bond donors (Lipinski definition) is 2. The van der Waals surface area contributed by atoms with Crippen LogP contribution in [0.25, 0.3) is 0 Å². The van der Waals surface area contributed by atoms with Gasteiger partial charge in [0.2, 0.25) is 0 Å². The van der Waals surface area contributed by atoms with Gasteiger partial charge >= 0.3 is 6.03 Å². The first-order valence-electron chi connectivity index (χ1n) is 9.19. The lowest BCUT2D eigenvalue weighted by atomic mass is 10.2. The van der Waals surface area contributed by atoms with Crippen LogP contribution < -0.4 is 15.5 Å². The molecule has 0 radical (unpaired) electrons. The maximum absolute atomic E-state index is 11.7. The van der Waals surface area contributed by atoms with Gasteiger partial charge < -0.3 is 10.2 Å². The van der Waals surface area contributed by atoms with Gasteiger partial charge in [0.15, 0.2) is 11.6 Å². The van der Waals surface area contributed by atoms with E-state index in [1.54, 1.807) is 0 Å². The second-order valence-corrected chi connectivity index (χ2v) is 6.90. The summed E-state index contributed by atoms with van der Waals surface area (Å²) in [5, 5.41) is 14.0. The number of aromatic nitrogens is 2. The molecule has 0 bridgehead atoms. The zero-order chi connectivity index (χ0) is 17.8. The number of nitrogens with zero attached hydrogens (tertiary/aromatic N) is 4. The number of hydrogen-bond acceptors (Lipinski definition) is 5. The molecule has 2 aliphatic rings. The summed E-state index contributed by atoms with van der Waals surface area (Å²) < 4.78 is 0. The number of rotatable bonds is 5. The van der Waals surface area contributed by atoms with Crippen molar-refractivity contribution in [2.45, 2.75) is 25.4 Å². The summed E-state index contributed by atoms with van der Waals surface area (Å²) in [6.45, 7) is 4.84. The van der Waals surface area contributed by atoms with Crippen LogP contribution in [0.4, 0.5) is 16.4 Å². The van der Waals surface area contributed by atoms with Crippen LogP contribution in [0.3, 0.4) is 0 Å². The number of urea groups is 1. The molecule has 2 aromatic rings. The number of carbonyl (C=O) groups is 1. The molecule has 1 aliphatic carbocycles. The highest BCUT2D eigenvalue weighted by Crippen LogP contribution is 2.19. The number of anilines is 2. The van der Waals surface area contributed by atoms with Crippen LogP contribution in [0.15, 0.2) is 42.5 Å². The van der Waals surface area contributed by atoms with Crippen molar-refractivity contribution in [1.82, 2.24) is 20.4 Å². The monoisotopic (exact) mass is 352 g/mol. The summed E-state index contributed by atoms with van der Waals surface area (Å²) in [6.07, 6.45) is 2.13. The van der Waals surface area contributed by atoms with Crippen molar-refractivity contribution in [2.75, 3.05) is 36.4 Å². The van der Waals surface area contributed by atoms with Crippen molar-refractivity contribution in [2.24, 2.45) is 0 Å². The number of amides is 2. The normalized spacial score (nSPS) is 17.8. The van der Waals surface area contributed by atoms with Gasteiger partial charge in [0, 0.05) is 38.8 Å². The Hall–Kier alpha value is -2.67. The second kappa shape index (κ2) is 7.70. The minimum atomic E-state index is -0.205. The van der Waals surface area contributed by atoms with E-state index >= 15 is 0 Å². The Morgan fingerprint density at radius 2 is 1.77 bits per heavy atom. The van der Waals surface area contributed by atoms with E-state index < -0.39 is 0 Å². The maximum Gasteiger partial charge on any atom is 0.320 e. The first-order chi connectivity index (χ1) is 12.8. The fourth-order valence-corrected chi connectivity index (χ4v) is 3.10. The Morgan fingerprint density at radius 3 is 2.42 bits per heavy atom. The van der Waals surface area contributed by atoms with Gasteiger partial charge in [-0.25, -0.2) is 4.79 Å². The van der Waals surface area contributed by atoms with Gasteiger partial charge in [0.05, 0.1) is 0 Å². The molecular formula is C19H24N6O. The van der Waals surface area contributed by atoms with Crippen molar-refractivity contribution in [3.8, 4) is 0 Å². The van der Waals surface area contributed by atoms with Crippen molar-refractivity contribution in [3.05, 3.63) is 48.0 Å². The van der Waals surface area contributed by atoms with Crippen molar-refractivity contribution >= 4 is 17.7 Å². The van der Waals surface area contributed by atoms with E-state index in [0.29, 0.717) is 11.9 Å². The summed E-state index contributed by atoms with van der Waals surface area (Å²) in [5.74, 6) is 1.34. The third kappa shape index (κ3) is 4.49. The predicted molar refractivity (Wildman–Crippen MR) is 101 cm³/mol. The van der Waals surface area contributed by atoms with Crippen LogP contribution in [0.1, 0.15) is 18.4 Å². The van der Waals surface area contributed by atoms with E-state index in [9.17, 15) is 4.79 Å². The van der Waals surface area contributed by atoms with Crippen molar-refractivity contribution < 1.29 is 4.79 Å². The van der Waals surface area contributed by atoms with Gasteiger partial charge in [-0.3, -0.25) is 10.2 Å². The number of piperazine rings is 1. The summed E-state index contributed by atoms with van der Waals surface area (Å²) in [5.41, 5.74) is 1.35. The molecule has 1 aromatic heterocycles. The van der Waals surface area contributed by atoms with Crippen LogP contribution in [-0.4, -0.2) is 53.3 Å². The maximum atomic E-state index is 11.7. The lowest BCUT2D eigenvalue weighted by molar-refractivity contribution is 0.249. The van der Waals surface area contributed by atoms with Crippen LogP contribution in [-0.2, 0) is 6.54 Å². The highest BCUT2D eigenvalue weighted by atomic mass is 16.2. The fraction of sp³-hybridized carbons (Fsp3) is 0.421. The molecule has 0 unspecified atom stereocenters. The number of benzene rings is 1. The zero-order valence-electron chi connectivity index (χ0n) is 14.8. The summed E-state index contributed by atoms with van der Waals surface area (Å²) in [4.78, 5) is 16.4. The van der Waals surface area contributed by atoms with Crippen LogP contribution in [0, 0.1) is 0 Å². The average molecular weight is 352 g/mol. The van der Waals surface area contributed by atoms with Crippen LogP contribution in [0.2, 0.25) is 0 Å². The van der Waals surface area contributed by atoms with Crippen molar-refractivity contribution in [1.29, 1.82) is 0 Å². The molecule has 1 aliphatic heterocycles. The molecule has 2 N–H and O–H groups in total. The summed E-state index contributed by atoms with van der Waals surface area (Å²) in [6, 6.07) is 14.4. The number of carbonyl (C=O) groups excluding carboxylic acids is 1. The van der Waals surface area contributed by atoms with E-state index in [2.05, 4.69) is 54.9 Å². The van der Waals surface area contributed by atoms with Crippen LogP contribution >= 0.6 is 0 Å². The number of nitrogens with one attached hydrogen (secondary N) is 2. The molecule has 2 amide bonds. The molecule has 0 atom stereocenters. The Morgan fingerprint density at radius 1 is 1.00 bits per heavy atom. The quantitative estimate of drug-likeness (QED) is 0.862. The van der Waals surface area contributed by atoms with E-state index in [4.69, 9.17) is 0 Å². The highest BCUT2D eigenvalue weighted by molar-refractivity contribution is 5.88. The van der Waals surface area contributed by atoms with Gasteiger partial charge in [0.1, 0.15) is 0 Å². The third-order valence-electron chi connectivity index (χ3n) is 4.75. The molecule has 1 aromatic carbocycles. The first-order valence-corrected chi connectivity index (χ1v) is 9.19. The van der Waals surface area contributed by atoms with E-state index in [1.807, 2.05) is 18.2 Å². The SMILES string of the molecule is O=C(Nc1ccc(N2CCN(Cc3ccccc3)CC2)nn1)NC1CC1. The molecule has 2 heterocycles. The standard InChI is InChI=1S/C19H24N6O/c26-19(20-16-6-7-16)21-17-8-9-18(23-22-17)25-12-10-24(11-13-25)14-15-4-2-1-3-5-15/h1-5,8-9,16H,6-7,10-14H2,(H2,20,21,22,26). The minimum absolute atomic E-state index is 0.205. The van der Waals surface area contributed by atoms with Gasteiger partial charge in [0.25, 0.3) is 0 Å². The molecule has 7 heteroatoms. The third-order valence-corrected chi connectivity index (χ3v) is 4.75. The lowest BCUT2D eigenvalue weighted by Crippen LogP contribution is -2.46. The molecular weight excluding hydrogens is 328 g/mol. The van der Waals surface area contributed by atoms with E-state index in [0.717, 1.165) is 51.4 Å². The lowest BCUT2D eigenvalue weighted by Gasteiger charge is -2.35. The molecule has 136 valence electrons. The zero-order valence-corrected chi connectivity index (χ0v) is 14.8. The Balaban J connectivity index is 1.26. The topological polar surface area (TPSA) is 73.4 Å². The summed E-state index contributed by atoms with van der Waals surface area (Å²) >= 11 is 0. The highest BCUT2D eigenvalue weighted by Gasteiger charge is 2.23. The second-order valence-electron chi connectivity index (χ2n) is 6.90. The molecule has 1 saturated carbocycles. The molecule has 0 spiro atoms. The van der Waals surface area contributed by atoms with E-state index in [1.165, 1.54) is 5.56 Å². The van der Waals surface area contributed by atoms with Gasteiger partial charge in [-0.15, -0.1) is 10.2 Å². The average Bonchev–Trinajstić information content (AvgIpc) is 3.48. The van der Waals surface area contributed by atoms with Crippen molar-refractivity contribution in [3.63, 3.8) is 0 Å². The molecule has 2 fully saturated rings. The van der Waals surface area contributed by atoms with E-state index in [-0.39, 0.29) is 6.03 Å². The smallest absolute Gasteiger partial charge is 0.320 e. The van der Waals surface area contributed by atoms with Gasteiger partial charge in [-0.1, -0.05) is 30.3 Å². The molecule has 4 rings (SSSR count).